The third kappa shape index (κ3) is 2.70. The Morgan fingerprint density at radius 1 is 1.15 bits per heavy atom. The predicted octanol–water partition coefficient (Wildman–Crippen LogP) is 3.82. The molecule has 0 saturated carbocycles. The summed E-state index contributed by atoms with van der Waals surface area (Å²) in [4.78, 5) is 0. The molecular formula is C15H13ClN2O2. The van der Waals surface area contributed by atoms with Gasteiger partial charge in [-0.25, -0.2) is 0 Å². The van der Waals surface area contributed by atoms with Crippen molar-refractivity contribution in [2.24, 2.45) is 5.10 Å². The minimum absolute atomic E-state index is 0.274. The molecule has 0 amide bonds. The fraction of sp³-hybridized carbons (Fsp3) is 0.133. The van der Waals surface area contributed by atoms with Gasteiger partial charge < -0.3 is 9.47 Å². The summed E-state index contributed by atoms with van der Waals surface area (Å²) in [7, 11) is 0. The van der Waals surface area contributed by atoms with E-state index >= 15 is 0 Å². The highest BCUT2D eigenvalue weighted by molar-refractivity contribution is 6.31. The molecule has 5 heteroatoms. The van der Waals surface area contributed by atoms with Crippen molar-refractivity contribution in [3.8, 4) is 11.5 Å². The van der Waals surface area contributed by atoms with Crippen molar-refractivity contribution < 1.29 is 9.47 Å². The third-order valence-electron chi connectivity index (χ3n) is 2.98. The van der Waals surface area contributed by atoms with E-state index in [-0.39, 0.29) is 6.79 Å². The van der Waals surface area contributed by atoms with Gasteiger partial charge in [0, 0.05) is 5.02 Å². The SMILES string of the molecule is Cc1ccc(N/N=C\c2ccc3c(c2)OCO3)cc1Cl. The first-order valence-electron chi connectivity index (χ1n) is 6.17. The van der Waals surface area contributed by atoms with Crippen molar-refractivity contribution in [3.63, 3.8) is 0 Å². The molecule has 4 nitrogen and oxygen atoms in total. The molecule has 0 aliphatic carbocycles. The zero-order valence-electron chi connectivity index (χ0n) is 10.9. The topological polar surface area (TPSA) is 42.9 Å². The normalized spacial score (nSPS) is 12.9. The molecule has 1 heterocycles. The van der Waals surface area contributed by atoms with Gasteiger partial charge in [0.05, 0.1) is 11.9 Å². The fourth-order valence-corrected chi connectivity index (χ4v) is 2.02. The van der Waals surface area contributed by atoms with Crippen LogP contribution in [0.3, 0.4) is 0 Å². The summed E-state index contributed by atoms with van der Waals surface area (Å²) in [6.07, 6.45) is 1.72. The van der Waals surface area contributed by atoms with Gasteiger partial charge in [-0.05, 0) is 48.4 Å². The first-order chi connectivity index (χ1) is 9.72. The van der Waals surface area contributed by atoms with Gasteiger partial charge in [-0.1, -0.05) is 17.7 Å². The van der Waals surface area contributed by atoms with Gasteiger partial charge in [-0.15, -0.1) is 0 Å². The molecule has 0 unspecified atom stereocenters. The van der Waals surface area contributed by atoms with Crippen LogP contribution in [0.5, 0.6) is 11.5 Å². The third-order valence-corrected chi connectivity index (χ3v) is 3.38. The number of halogens is 1. The number of nitrogens with one attached hydrogen (secondary N) is 1. The molecular weight excluding hydrogens is 276 g/mol. The highest BCUT2D eigenvalue weighted by Crippen LogP contribution is 2.32. The van der Waals surface area contributed by atoms with Crippen molar-refractivity contribution in [2.75, 3.05) is 12.2 Å². The second-order valence-electron chi connectivity index (χ2n) is 4.45. The highest BCUT2D eigenvalue weighted by Gasteiger charge is 2.12. The molecule has 102 valence electrons. The Bertz CT molecular complexity index is 671. The zero-order valence-corrected chi connectivity index (χ0v) is 11.6. The Labute approximate surface area is 122 Å². The number of fused-ring (bicyclic) bond motifs is 1. The Hall–Kier alpha value is -2.20. The zero-order chi connectivity index (χ0) is 13.9. The maximum atomic E-state index is 6.05. The Kier molecular flexibility index (Phi) is 3.48. The second-order valence-corrected chi connectivity index (χ2v) is 4.85. The molecule has 0 saturated heterocycles. The molecule has 2 aromatic rings. The monoisotopic (exact) mass is 288 g/mol. The molecule has 1 N–H and O–H groups in total. The van der Waals surface area contributed by atoms with Crippen molar-refractivity contribution in [1.82, 2.24) is 0 Å². The number of rotatable bonds is 3. The first kappa shape index (κ1) is 12.8. The van der Waals surface area contributed by atoms with Crippen LogP contribution in [0.1, 0.15) is 11.1 Å². The van der Waals surface area contributed by atoms with Gasteiger partial charge in [0.1, 0.15) is 0 Å². The van der Waals surface area contributed by atoms with E-state index in [2.05, 4.69) is 10.5 Å². The lowest BCUT2D eigenvalue weighted by Gasteiger charge is -2.03. The van der Waals surface area contributed by atoms with E-state index in [4.69, 9.17) is 21.1 Å². The molecule has 0 aromatic heterocycles. The number of anilines is 1. The minimum Gasteiger partial charge on any atom is -0.454 e. The largest absolute Gasteiger partial charge is 0.454 e. The van der Waals surface area contributed by atoms with Crippen molar-refractivity contribution >= 4 is 23.5 Å². The van der Waals surface area contributed by atoms with Crippen molar-refractivity contribution in [2.45, 2.75) is 6.92 Å². The van der Waals surface area contributed by atoms with Crippen LogP contribution >= 0.6 is 11.6 Å². The lowest BCUT2D eigenvalue weighted by Crippen LogP contribution is -1.93. The number of aryl methyl sites for hydroxylation is 1. The summed E-state index contributed by atoms with van der Waals surface area (Å²) >= 11 is 6.05. The number of ether oxygens (including phenoxy) is 2. The van der Waals surface area contributed by atoms with E-state index in [1.54, 1.807) is 6.21 Å². The summed E-state index contributed by atoms with van der Waals surface area (Å²) in [5, 5.41) is 4.89. The van der Waals surface area contributed by atoms with E-state index in [1.165, 1.54) is 0 Å². The predicted molar refractivity (Wildman–Crippen MR) is 80.0 cm³/mol. The first-order valence-corrected chi connectivity index (χ1v) is 6.55. The Morgan fingerprint density at radius 3 is 2.85 bits per heavy atom. The molecule has 2 aromatic carbocycles. The molecule has 1 aliphatic rings. The minimum atomic E-state index is 0.274. The van der Waals surface area contributed by atoms with Crippen molar-refractivity contribution in [1.29, 1.82) is 0 Å². The Morgan fingerprint density at radius 2 is 2.00 bits per heavy atom. The number of nitrogens with zero attached hydrogens (tertiary/aromatic N) is 1. The van der Waals surface area contributed by atoms with Crippen molar-refractivity contribution in [3.05, 3.63) is 52.5 Å². The summed E-state index contributed by atoms with van der Waals surface area (Å²) < 4.78 is 10.6. The smallest absolute Gasteiger partial charge is 0.231 e. The fourth-order valence-electron chi connectivity index (χ4n) is 1.84. The number of hydrazone groups is 1. The lowest BCUT2D eigenvalue weighted by atomic mass is 10.2. The molecule has 0 bridgehead atoms. The van der Waals surface area contributed by atoms with Crippen LogP contribution in [-0.4, -0.2) is 13.0 Å². The average molecular weight is 289 g/mol. The molecule has 3 rings (SSSR count). The van der Waals surface area contributed by atoms with Gasteiger partial charge >= 0.3 is 0 Å². The molecule has 0 spiro atoms. The van der Waals surface area contributed by atoms with Crippen LogP contribution in [0.4, 0.5) is 5.69 Å². The van der Waals surface area contributed by atoms with E-state index in [1.807, 2.05) is 43.3 Å². The summed E-state index contributed by atoms with van der Waals surface area (Å²) in [5.41, 5.74) is 5.76. The maximum Gasteiger partial charge on any atom is 0.231 e. The highest BCUT2D eigenvalue weighted by atomic mass is 35.5. The molecule has 1 aliphatic heterocycles. The van der Waals surface area contributed by atoms with Crippen LogP contribution in [0.15, 0.2) is 41.5 Å². The van der Waals surface area contributed by atoms with E-state index in [0.717, 1.165) is 28.3 Å². The molecule has 20 heavy (non-hydrogen) atoms. The standard InChI is InChI=1S/C15H13ClN2O2/c1-10-2-4-12(7-13(10)16)18-17-8-11-3-5-14-15(6-11)20-9-19-14/h2-8,18H,9H2,1H3/b17-8-. The number of hydrogen-bond donors (Lipinski definition) is 1. The van der Waals surface area contributed by atoms with E-state index in [9.17, 15) is 0 Å². The van der Waals surface area contributed by atoms with Gasteiger partial charge in [0.25, 0.3) is 0 Å². The van der Waals surface area contributed by atoms with Crippen LogP contribution in [0.2, 0.25) is 5.02 Å². The molecule has 0 fully saturated rings. The van der Waals surface area contributed by atoms with E-state index < -0.39 is 0 Å². The summed E-state index contributed by atoms with van der Waals surface area (Å²) in [6, 6.07) is 11.4. The second kappa shape index (κ2) is 5.43. The number of benzene rings is 2. The Balaban J connectivity index is 1.69. The molecule has 0 atom stereocenters. The quantitative estimate of drug-likeness (QED) is 0.689. The average Bonchev–Trinajstić information content (AvgIpc) is 2.90. The van der Waals surface area contributed by atoms with Crippen LogP contribution < -0.4 is 14.9 Å². The van der Waals surface area contributed by atoms with Gasteiger partial charge in [-0.2, -0.15) is 5.10 Å². The lowest BCUT2D eigenvalue weighted by molar-refractivity contribution is 0.174. The summed E-state index contributed by atoms with van der Waals surface area (Å²) in [6.45, 7) is 2.23. The molecule has 0 radical (unpaired) electrons. The van der Waals surface area contributed by atoms with Crippen LogP contribution in [0.25, 0.3) is 0 Å². The van der Waals surface area contributed by atoms with Gasteiger partial charge in [0.2, 0.25) is 6.79 Å². The maximum absolute atomic E-state index is 6.05. The number of hydrogen-bond acceptors (Lipinski definition) is 4. The van der Waals surface area contributed by atoms with Gasteiger partial charge in [0.15, 0.2) is 11.5 Å². The van der Waals surface area contributed by atoms with Crippen LogP contribution in [0, 0.1) is 6.92 Å². The van der Waals surface area contributed by atoms with E-state index in [0.29, 0.717) is 5.02 Å². The summed E-state index contributed by atoms with van der Waals surface area (Å²) in [5.74, 6) is 1.51. The van der Waals surface area contributed by atoms with Gasteiger partial charge in [-0.3, -0.25) is 5.43 Å². The van der Waals surface area contributed by atoms with Crippen LogP contribution in [-0.2, 0) is 0 Å².